The van der Waals surface area contributed by atoms with Crippen molar-refractivity contribution < 1.29 is 19.2 Å². The number of benzene rings is 2. The van der Waals surface area contributed by atoms with Gasteiger partial charge in [-0.05, 0) is 30.7 Å². The number of ether oxygens (including phenoxy) is 1. The van der Waals surface area contributed by atoms with Gasteiger partial charge in [0.05, 0.1) is 17.1 Å². The van der Waals surface area contributed by atoms with E-state index >= 15 is 0 Å². The zero-order chi connectivity index (χ0) is 21.0. The van der Waals surface area contributed by atoms with Gasteiger partial charge in [0.25, 0.3) is 11.6 Å². The number of nitrogens with one attached hydrogen (secondary N) is 1. The summed E-state index contributed by atoms with van der Waals surface area (Å²) in [4.78, 5) is 36.4. The Morgan fingerprint density at radius 3 is 2.52 bits per heavy atom. The first-order valence-corrected chi connectivity index (χ1v) is 9.71. The predicted octanol–water partition coefficient (Wildman–Crippen LogP) is 5.41. The highest BCUT2D eigenvalue weighted by atomic mass is 35.5. The molecule has 0 unspecified atom stereocenters. The molecule has 7 nitrogen and oxygen atoms in total. The Morgan fingerprint density at radius 2 is 1.86 bits per heavy atom. The molecule has 0 bridgehead atoms. The molecule has 0 atom stereocenters. The molecule has 29 heavy (non-hydrogen) atoms. The van der Waals surface area contributed by atoms with Crippen LogP contribution in [0, 0.1) is 10.1 Å². The van der Waals surface area contributed by atoms with Gasteiger partial charge in [-0.1, -0.05) is 41.9 Å². The number of carbonyl (C=O) groups excluding carboxylic acids is 2. The zero-order valence-electron chi connectivity index (χ0n) is 15.2. The molecule has 0 spiro atoms. The highest BCUT2D eigenvalue weighted by Gasteiger charge is 2.24. The highest BCUT2D eigenvalue weighted by molar-refractivity contribution is 7.20. The Kier molecular flexibility index (Phi) is 6.26. The van der Waals surface area contributed by atoms with Crippen LogP contribution in [0.2, 0.25) is 5.02 Å². The van der Waals surface area contributed by atoms with E-state index in [2.05, 4.69) is 5.32 Å². The van der Waals surface area contributed by atoms with E-state index in [0.717, 1.165) is 16.5 Å². The molecule has 1 N–H and O–H groups in total. The molecule has 3 aromatic rings. The van der Waals surface area contributed by atoms with Crippen molar-refractivity contribution >= 4 is 45.5 Å². The summed E-state index contributed by atoms with van der Waals surface area (Å²) in [6.45, 7) is 1.85. The average molecular weight is 431 g/mol. The molecule has 0 fully saturated rings. The van der Waals surface area contributed by atoms with Crippen molar-refractivity contribution in [3.05, 3.63) is 80.9 Å². The van der Waals surface area contributed by atoms with Crippen LogP contribution in [0.5, 0.6) is 0 Å². The molecule has 0 aliphatic rings. The number of hydrogen-bond acceptors (Lipinski definition) is 6. The third-order valence-corrected chi connectivity index (χ3v) is 5.25. The predicted molar refractivity (Wildman–Crippen MR) is 112 cm³/mol. The quantitative estimate of drug-likeness (QED) is 0.320. The Balaban J connectivity index is 2.00. The summed E-state index contributed by atoms with van der Waals surface area (Å²) in [5.74, 6) is -1.31. The van der Waals surface area contributed by atoms with E-state index in [1.165, 1.54) is 23.5 Å². The number of nitro groups is 1. The summed E-state index contributed by atoms with van der Waals surface area (Å²) >= 11 is 6.98. The van der Waals surface area contributed by atoms with Crippen LogP contribution in [0.1, 0.15) is 27.6 Å². The topological polar surface area (TPSA) is 98.5 Å². The molecule has 2 aromatic carbocycles. The standard InChI is InChI=1S/C20H15ClN2O5S/c1-2-28-20(25)15-11-17(12-6-4-3-5-7-12)29-19(15)22-18(24)14-9-8-13(21)10-16(14)23(26)27/h3-11H,2H2,1H3,(H,22,24). The lowest BCUT2D eigenvalue weighted by Crippen LogP contribution is -2.15. The second-order valence-electron chi connectivity index (χ2n) is 5.81. The summed E-state index contributed by atoms with van der Waals surface area (Å²) in [5.41, 5.74) is 0.457. The number of nitrogens with zero attached hydrogens (tertiary/aromatic N) is 1. The van der Waals surface area contributed by atoms with Gasteiger partial charge in [-0.15, -0.1) is 11.3 Å². The van der Waals surface area contributed by atoms with Gasteiger partial charge in [0.2, 0.25) is 0 Å². The van der Waals surface area contributed by atoms with Gasteiger partial charge < -0.3 is 10.1 Å². The lowest BCUT2D eigenvalue weighted by molar-refractivity contribution is -0.385. The molecule has 0 radical (unpaired) electrons. The van der Waals surface area contributed by atoms with E-state index in [1.807, 2.05) is 30.3 Å². The minimum Gasteiger partial charge on any atom is -0.462 e. The fourth-order valence-corrected chi connectivity index (χ4v) is 3.82. The number of nitro benzene ring substituents is 1. The fraction of sp³-hybridized carbons (Fsp3) is 0.100. The molecule has 1 amide bonds. The summed E-state index contributed by atoms with van der Waals surface area (Å²) in [7, 11) is 0. The first-order valence-electron chi connectivity index (χ1n) is 8.52. The van der Waals surface area contributed by atoms with Crippen LogP contribution < -0.4 is 5.32 Å². The number of amides is 1. The van der Waals surface area contributed by atoms with Crippen molar-refractivity contribution in [2.24, 2.45) is 0 Å². The summed E-state index contributed by atoms with van der Waals surface area (Å²) in [6, 6.07) is 14.7. The van der Waals surface area contributed by atoms with Crippen molar-refractivity contribution in [3.8, 4) is 10.4 Å². The minimum absolute atomic E-state index is 0.142. The van der Waals surface area contributed by atoms with Crippen molar-refractivity contribution in [2.75, 3.05) is 11.9 Å². The van der Waals surface area contributed by atoms with Gasteiger partial charge in [0.1, 0.15) is 10.6 Å². The lowest BCUT2D eigenvalue weighted by Gasteiger charge is -2.07. The van der Waals surface area contributed by atoms with Crippen LogP contribution >= 0.6 is 22.9 Å². The van der Waals surface area contributed by atoms with Gasteiger partial charge in [0.15, 0.2) is 0 Å². The van der Waals surface area contributed by atoms with Gasteiger partial charge >= 0.3 is 5.97 Å². The molecule has 148 valence electrons. The SMILES string of the molecule is CCOC(=O)c1cc(-c2ccccc2)sc1NC(=O)c1ccc(Cl)cc1[N+](=O)[O-]. The van der Waals surface area contributed by atoms with E-state index in [0.29, 0.717) is 0 Å². The van der Waals surface area contributed by atoms with Crippen LogP contribution in [-0.4, -0.2) is 23.4 Å². The fourth-order valence-electron chi connectivity index (χ4n) is 2.61. The second kappa shape index (κ2) is 8.85. The highest BCUT2D eigenvalue weighted by Crippen LogP contribution is 2.36. The molecule has 0 saturated carbocycles. The van der Waals surface area contributed by atoms with Crippen LogP contribution in [0.3, 0.4) is 0 Å². The van der Waals surface area contributed by atoms with Crippen molar-refractivity contribution in [3.63, 3.8) is 0 Å². The molecular formula is C20H15ClN2O5S. The van der Waals surface area contributed by atoms with Crippen LogP contribution in [0.25, 0.3) is 10.4 Å². The van der Waals surface area contributed by atoms with Gasteiger partial charge in [0, 0.05) is 16.0 Å². The lowest BCUT2D eigenvalue weighted by atomic mass is 10.1. The molecule has 1 aromatic heterocycles. The first kappa shape index (κ1) is 20.5. The third kappa shape index (κ3) is 4.61. The van der Waals surface area contributed by atoms with Crippen LogP contribution in [0.15, 0.2) is 54.6 Å². The van der Waals surface area contributed by atoms with E-state index in [9.17, 15) is 19.7 Å². The van der Waals surface area contributed by atoms with Crippen LogP contribution in [0.4, 0.5) is 10.7 Å². The second-order valence-corrected chi connectivity index (χ2v) is 7.30. The molecule has 0 aliphatic carbocycles. The van der Waals surface area contributed by atoms with Crippen molar-refractivity contribution in [1.29, 1.82) is 0 Å². The number of thiophene rings is 1. The smallest absolute Gasteiger partial charge is 0.341 e. The first-order chi connectivity index (χ1) is 13.9. The van der Waals surface area contributed by atoms with E-state index in [1.54, 1.807) is 13.0 Å². The number of rotatable bonds is 6. The molecule has 3 rings (SSSR count). The monoisotopic (exact) mass is 430 g/mol. The van der Waals surface area contributed by atoms with Crippen molar-refractivity contribution in [1.82, 2.24) is 0 Å². The Morgan fingerprint density at radius 1 is 1.14 bits per heavy atom. The Hall–Kier alpha value is -3.23. The Labute approximate surface area is 175 Å². The summed E-state index contributed by atoms with van der Waals surface area (Å²) in [5, 5.41) is 14.3. The number of esters is 1. The van der Waals surface area contributed by atoms with E-state index in [-0.39, 0.29) is 27.8 Å². The Bertz CT molecular complexity index is 1080. The van der Waals surface area contributed by atoms with Crippen molar-refractivity contribution in [2.45, 2.75) is 6.92 Å². The molecular weight excluding hydrogens is 416 g/mol. The van der Waals surface area contributed by atoms with Gasteiger partial charge in [-0.2, -0.15) is 0 Å². The van der Waals surface area contributed by atoms with Gasteiger partial charge in [-0.25, -0.2) is 4.79 Å². The average Bonchev–Trinajstić information content (AvgIpc) is 3.12. The third-order valence-electron chi connectivity index (χ3n) is 3.91. The zero-order valence-corrected chi connectivity index (χ0v) is 16.8. The largest absolute Gasteiger partial charge is 0.462 e. The molecule has 0 aliphatic heterocycles. The molecule has 9 heteroatoms. The number of halogens is 1. The maximum Gasteiger partial charge on any atom is 0.341 e. The minimum atomic E-state index is -0.722. The van der Waals surface area contributed by atoms with Gasteiger partial charge in [-0.3, -0.25) is 14.9 Å². The van der Waals surface area contributed by atoms with Crippen LogP contribution in [-0.2, 0) is 4.74 Å². The van der Waals surface area contributed by atoms with E-state index < -0.39 is 22.5 Å². The number of carbonyl (C=O) groups is 2. The number of hydrogen-bond donors (Lipinski definition) is 1. The maximum absolute atomic E-state index is 12.7. The number of anilines is 1. The van der Waals surface area contributed by atoms with E-state index in [4.69, 9.17) is 16.3 Å². The summed E-state index contributed by atoms with van der Waals surface area (Å²) < 4.78 is 5.07. The molecule has 1 heterocycles. The maximum atomic E-state index is 12.7. The molecule has 0 saturated heterocycles. The normalized spacial score (nSPS) is 10.4. The summed E-state index contributed by atoms with van der Waals surface area (Å²) in [6.07, 6.45) is 0.